The molecule has 0 fully saturated rings. The minimum Gasteiger partial charge on any atom is -0.481 e. The Balaban J connectivity index is 3.09. The number of carbonyl (C=O) groups excluding carboxylic acids is 1. The summed E-state index contributed by atoms with van der Waals surface area (Å²) in [5.74, 6) is -0.907. The maximum Gasteiger partial charge on any atom is 0.317 e. The van der Waals surface area contributed by atoms with Gasteiger partial charge in [-0.05, 0) is 12.3 Å². The van der Waals surface area contributed by atoms with Crippen LogP contribution < -0.4 is 0 Å². The van der Waals surface area contributed by atoms with E-state index in [0.29, 0.717) is 6.61 Å². The second-order valence-corrected chi connectivity index (χ2v) is 7.57. The van der Waals surface area contributed by atoms with Crippen molar-refractivity contribution in [3.63, 3.8) is 0 Å². The lowest BCUT2D eigenvalue weighted by Crippen LogP contribution is -2.11. The van der Waals surface area contributed by atoms with E-state index in [1.54, 1.807) is 0 Å². The summed E-state index contributed by atoms with van der Waals surface area (Å²) in [6, 6.07) is 0. The van der Waals surface area contributed by atoms with Crippen LogP contribution in [0.15, 0.2) is 0 Å². The molecule has 0 rings (SSSR count). The Morgan fingerprint density at radius 1 is 0.720 bits per heavy atom. The molecule has 148 valence electrons. The van der Waals surface area contributed by atoms with Crippen LogP contribution in [0, 0.1) is 5.92 Å². The van der Waals surface area contributed by atoms with Gasteiger partial charge >= 0.3 is 11.9 Å². The monoisotopic (exact) mass is 356 g/mol. The Labute approximate surface area is 154 Å². The number of aliphatic carboxylic acids is 1. The molecule has 1 N–H and O–H groups in total. The lowest BCUT2D eigenvalue weighted by atomic mass is 10.0. The van der Waals surface area contributed by atoms with Crippen LogP contribution in [0.5, 0.6) is 0 Å². The lowest BCUT2D eigenvalue weighted by molar-refractivity contribution is -0.151. The molecule has 0 atom stereocenters. The molecule has 0 heterocycles. The summed E-state index contributed by atoms with van der Waals surface area (Å²) >= 11 is 0. The van der Waals surface area contributed by atoms with Gasteiger partial charge in [-0.2, -0.15) is 0 Å². The SMILES string of the molecule is CC(C)CCCCCCCCCCCCCCCOC(=O)CC(=O)O. The van der Waals surface area contributed by atoms with Crippen LogP contribution >= 0.6 is 0 Å². The maximum atomic E-state index is 11.0. The smallest absolute Gasteiger partial charge is 0.317 e. The first-order valence-electron chi connectivity index (χ1n) is 10.4. The van der Waals surface area contributed by atoms with Gasteiger partial charge in [0, 0.05) is 0 Å². The molecule has 25 heavy (non-hydrogen) atoms. The number of hydrogen-bond donors (Lipinski definition) is 1. The number of rotatable bonds is 18. The first-order valence-corrected chi connectivity index (χ1v) is 10.4. The minimum absolute atomic E-state index is 0.350. The second-order valence-electron chi connectivity index (χ2n) is 7.57. The van der Waals surface area contributed by atoms with Crippen molar-refractivity contribution in [3.05, 3.63) is 0 Å². The van der Waals surface area contributed by atoms with Crippen LogP contribution in [0.1, 0.15) is 110 Å². The average Bonchev–Trinajstić information content (AvgIpc) is 2.53. The topological polar surface area (TPSA) is 63.6 Å². The summed E-state index contributed by atoms with van der Waals surface area (Å²) in [4.78, 5) is 21.3. The van der Waals surface area contributed by atoms with Crippen molar-refractivity contribution in [2.45, 2.75) is 110 Å². The third kappa shape index (κ3) is 20.9. The zero-order valence-electron chi connectivity index (χ0n) is 16.6. The van der Waals surface area contributed by atoms with Crippen molar-refractivity contribution in [1.29, 1.82) is 0 Å². The van der Waals surface area contributed by atoms with Gasteiger partial charge in [-0.1, -0.05) is 97.3 Å². The van der Waals surface area contributed by atoms with Crippen molar-refractivity contribution in [1.82, 2.24) is 0 Å². The third-order valence-corrected chi connectivity index (χ3v) is 4.48. The summed E-state index contributed by atoms with van der Waals surface area (Å²) in [6.45, 7) is 4.96. The molecular weight excluding hydrogens is 316 g/mol. The van der Waals surface area contributed by atoms with Crippen LogP contribution in [0.4, 0.5) is 0 Å². The van der Waals surface area contributed by atoms with E-state index in [4.69, 9.17) is 9.84 Å². The van der Waals surface area contributed by atoms with E-state index in [1.807, 2.05) is 0 Å². The molecule has 0 radical (unpaired) electrons. The van der Waals surface area contributed by atoms with Crippen LogP contribution in [-0.2, 0) is 14.3 Å². The number of carboxylic acids is 1. The second kappa shape index (κ2) is 17.8. The highest BCUT2D eigenvalue weighted by Crippen LogP contribution is 2.14. The molecule has 0 aliphatic carbocycles. The fourth-order valence-electron chi connectivity index (χ4n) is 2.96. The summed E-state index contributed by atoms with van der Waals surface area (Å²) in [5.41, 5.74) is 0. The van der Waals surface area contributed by atoms with E-state index >= 15 is 0 Å². The molecular formula is C21H40O4. The highest BCUT2D eigenvalue weighted by molar-refractivity contribution is 5.90. The zero-order chi connectivity index (χ0) is 18.8. The molecule has 0 aromatic rings. The maximum absolute atomic E-state index is 11.0. The number of hydrogen-bond acceptors (Lipinski definition) is 3. The normalized spacial score (nSPS) is 11.0. The standard InChI is InChI=1S/C21H40O4/c1-19(2)16-14-12-10-8-6-4-3-5-7-9-11-13-15-17-25-21(24)18-20(22)23/h19H,3-18H2,1-2H3,(H,22,23). The molecule has 0 bridgehead atoms. The Bertz CT molecular complexity index is 326. The van der Waals surface area contributed by atoms with Gasteiger partial charge in [0.1, 0.15) is 6.42 Å². The molecule has 0 amide bonds. The van der Waals surface area contributed by atoms with Crippen molar-refractivity contribution in [3.8, 4) is 0 Å². The van der Waals surface area contributed by atoms with Gasteiger partial charge in [0.05, 0.1) is 6.61 Å². The summed E-state index contributed by atoms with van der Waals surface area (Å²) in [7, 11) is 0. The Hall–Kier alpha value is -1.06. The van der Waals surface area contributed by atoms with E-state index in [-0.39, 0.29) is 0 Å². The first kappa shape index (κ1) is 23.9. The van der Waals surface area contributed by atoms with Crippen molar-refractivity contribution in [2.24, 2.45) is 5.92 Å². The molecule has 0 spiro atoms. The average molecular weight is 357 g/mol. The van der Waals surface area contributed by atoms with Gasteiger partial charge in [-0.15, -0.1) is 0 Å². The number of carboxylic acid groups (broad SMARTS) is 1. The van der Waals surface area contributed by atoms with E-state index in [0.717, 1.165) is 18.8 Å². The largest absolute Gasteiger partial charge is 0.481 e. The molecule has 0 aliphatic heterocycles. The quantitative estimate of drug-likeness (QED) is 0.182. The number of esters is 1. The van der Waals surface area contributed by atoms with E-state index < -0.39 is 18.4 Å². The molecule has 0 unspecified atom stereocenters. The van der Waals surface area contributed by atoms with Gasteiger partial charge < -0.3 is 9.84 Å². The van der Waals surface area contributed by atoms with Crippen LogP contribution in [0.3, 0.4) is 0 Å². The van der Waals surface area contributed by atoms with E-state index in [2.05, 4.69) is 13.8 Å². The van der Waals surface area contributed by atoms with Gasteiger partial charge in [0.25, 0.3) is 0 Å². The van der Waals surface area contributed by atoms with E-state index in [9.17, 15) is 9.59 Å². The minimum atomic E-state index is -1.13. The van der Waals surface area contributed by atoms with Crippen molar-refractivity contribution in [2.75, 3.05) is 6.61 Å². The van der Waals surface area contributed by atoms with Crippen molar-refractivity contribution < 1.29 is 19.4 Å². The highest BCUT2D eigenvalue weighted by Gasteiger charge is 2.07. The number of ether oxygens (including phenoxy) is 1. The Morgan fingerprint density at radius 2 is 1.12 bits per heavy atom. The van der Waals surface area contributed by atoms with Gasteiger partial charge in [0.2, 0.25) is 0 Å². The van der Waals surface area contributed by atoms with E-state index in [1.165, 1.54) is 77.0 Å². The fourth-order valence-corrected chi connectivity index (χ4v) is 2.96. The molecule has 4 heteroatoms. The van der Waals surface area contributed by atoms with Crippen LogP contribution in [0.25, 0.3) is 0 Å². The Morgan fingerprint density at radius 3 is 1.52 bits per heavy atom. The van der Waals surface area contributed by atoms with Gasteiger partial charge in [0.15, 0.2) is 0 Å². The van der Waals surface area contributed by atoms with Crippen molar-refractivity contribution >= 4 is 11.9 Å². The predicted molar refractivity (Wildman–Crippen MR) is 103 cm³/mol. The third-order valence-electron chi connectivity index (χ3n) is 4.48. The lowest BCUT2D eigenvalue weighted by Gasteiger charge is -2.05. The molecule has 0 saturated heterocycles. The van der Waals surface area contributed by atoms with Crippen LogP contribution in [-0.4, -0.2) is 23.7 Å². The molecule has 0 aliphatic rings. The molecule has 4 nitrogen and oxygen atoms in total. The number of carbonyl (C=O) groups is 2. The fraction of sp³-hybridized carbons (Fsp3) is 0.905. The highest BCUT2D eigenvalue weighted by atomic mass is 16.5. The summed E-state index contributed by atoms with van der Waals surface area (Å²) < 4.78 is 4.85. The summed E-state index contributed by atoms with van der Waals surface area (Å²) in [6.07, 6.45) is 17.5. The zero-order valence-corrected chi connectivity index (χ0v) is 16.6. The van der Waals surface area contributed by atoms with Crippen LogP contribution in [0.2, 0.25) is 0 Å². The molecule has 0 saturated carbocycles. The predicted octanol–water partition coefficient (Wildman–Crippen LogP) is 6.12. The molecule has 0 aromatic carbocycles. The summed E-state index contributed by atoms with van der Waals surface area (Å²) in [5, 5.41) is 8.43. The van der Waals surface area contributed by atoms with Gasteiger partial charge in [-0.25, -0.2) is 0 Å². The number of unbranched alkanes of at least 4 members (excludes halogenated alkanes) is 12. The Kier molecular flexibility index (Phi) is 17.0. The molecule has 0 aromatic heterocycles. The first-order chi connectivity index (χ1) is 12.0. The van der Waals surface area contributed by atoms with Gasteiger partial charge in [-0.3, -0.25) is 9.59 Å².